The Morgan fingerprint density at radius 3 is 2.43 bits per heavy atom. The fourth-order valence-corrected chi connectivity index (χ4v) is 6.94. The Balaban J connectivity index is 1.14. The van der Waals surface area contributed by atoms with E-state index in [0.29, 0.717) is 61.3 Å². The van der Waals surface area contributed by atoms with Crippen LogP contribution in [-0.4, -0.2) is 78.3 Å². The number of hydrogen-bond donors (Lipinski definition) is 1. The van der Waals surface area contributed by atoms with Crippen molar-refractivity contribution < 1.29 is 27.5 Å². The number of carbonyl (C=O) groups excluding carboxylic acids is 2. The molecule has 0 unspecified atom stereocenters. The molecule has 1 aliphatic carbocycles. The molecule has 1 saturated heterocycles. The highest BCUT2D eigenvalue weighted by molar-refractivity contribution is 7.89. The molecule has 1 N–H and O–H groups in total. The van der Waals surface area contributed by atoms with Gasteiger partial charge in [-0.25, -0.2) is 8.42 Å². The summed E-state index contributed by atoms with van der Waals surface area (Å²) in [6, 6.07) is 14.6. The number of nitrogens with one attached hydrogen (secondary N) is 1. The van der Waals surface area contributed by atoms with E-state index >= 15 is 0 Å². The fraction of sp³-hybridized carbons (Fsp3) is 0.469. The molecule has 0 bridgehead atoms. The predicted molar refractivity (Wildman–Crippen MR) is 166 cm³/mol. The molecule has 1 saturated carbocycles. The SMILES string of the molecule is CCCCS(=O)(=O)N1CCN(C(=O)c2ccc(COc3cccc(CNC(=O)c4cc(C5CC5)nn4C)c3OC)cc2)CC1. The van der Waals surface area contributed by atoms with E-state index < -0.39 is 10.0 Å². The minimum absolute atomic E-state index is 0.116. The molecule has 2 aromatic carbocycles. The Bertz CT molecular complexity index is 1570. The number of benzene rings is 2. The summed E-state index contributed by atoms with van der Waals surface area (Å²) in [6.07, 6.45) is 3.71. The quantitative estimate of drug-likeness (QED) is 0.308. The van der Waals surface area contributed by atoms with Gasteiger partial charge in [0.1, 0.15) is 12.3 Å². The lowest BCUT2D eigenvalue weighted by Gasteiger charge is -2.34. The van der Waals surface area contributed by atoms with Crippen LogP contribution in [0, 0.1) is 0 Å². The zero-order chi connectivity index (χ0) is 31.3. The largest absolute Gasteiger partial charge is 0.493 e. The van der Waals surface area contributed by atoms with E-state index in [-0.39, 0.29) is 30.7 Å². The number of piperazine rings is 1. The number of carbonyl (C=O) groups is 2. The highest BCUT2D eigenvalue weighted by Crippen LogP contribution is 2.39. The van der Waals surface area contributed by atoms with Crippen LogP contribution in [0.1, 0.15) is 76.2 Å². The van der Waals surface area contributed by atoms with Crippen molar-refractivity contribution in [1.82, 2.24) is 24.3 Å². The smallest absolute Gasteiger partial charge is 0.269 e. The van der Waals surface area contributed by atoms with E-state index in [1.54, 1.807) is 35.9 Å². The van der Waals surface area contributed by atoms with Crippen molar-refractivity contribution in [2.75, 3.05) is 39.0 Å². The van der Waals surface area contributed by atoms with Crippen LogP contribution in [0.5, 0.6) is 11.5 Å². The first-order chi connectivity index (χ1) is 21.2. The Morgan fingerprint density at radius 2 is 1.77 bits per heavy atom. The number of methoxy groups -OCH3 is 1. The van der Waals surface area contributed by atoms with E-state index in [2.05, 4.69) is 10.4 Å². The standard InChI is InChI=1S/C32H41N5O6S/c1-4-5-19-44(40,41)37-17-15-36(16-18-37)32(39)25-11-9-23(10-12-25)22-43-29-8-6-7-26(30(29)42-3)21-33-31(38)28-20-27(24-13-14-24)34-35(28)2/h6-12,20,24H,4-5,13-19,21-22H2,1-3H3,(H,33,38). The number of sulfonamides is 1. The topological polar surface area (TPSA) is 123 Å². The Kier molecular flexibility index (Phi) is 9.90. The number of unbranched alkanes of at least 4 members (excludes halogenated alkanes) is 1. The number of rotatable bonds is 13. The highest BCUT2D eigenvalue weighted by atomic mass is 32.2. The highest BCUT2D eigenvalue weighted by Gasteiger charge is 2.29. The summed E-state index contributed by atoms with van der Waals surface area (Å²) in [5, 5.41) is 7.44. The van der Waals surface area contributed by atoms with Crippen LogP contribution in [0.25, 0.3) is 0 Å². The predicted octanol–water partition coefficient (Wildman–Crippen LogP) is 3.70. The van der Waals surface area contributed by atoms with Gasteiger partial charge >= 0.3 is 0 Å². The van der Waals surface area contributed by atoms with Gasteiger partial charge in [0.05, 0.1) is 18.6 Å². The summed E-state index contributed by atoms with van der Waals surface area (Å²) in [7, 11) is 0.0763. The van der Waals surface area contributed by atoms with Crippen LogP contribution in [-0.2, 0) is 30.2 Å². The third-order valence-electron chi connectivity index (χ3n) is 8.10. The lowest BCUT2D eigenvalue weighted by molar-refractivity contribution is 0.0697. The molecule has 2 heterocycles. The maximum absolute atomic E-state index is 13.1. The minimum Gasteiger partial charge on any atom is -0.493 e. The Hall–Kier alpha value is -3.90. The van der Waals surface area contributed by atoms with Gasteiger partial charge in [0.2, 0.25) is 10.0 Å². The van der Waals surface area contributed by atoms with Crippen LogP contribution < -0.4 is 14.8 Å². The molecule has 2 fully saturated rings. The first kappa shape index (κ1) is 31.5. The summed E-state index contributed by atoms with van der Waals surface area (Å²) in [6.45, 7) is 3.87. The van der Waals surface area contributed by atoms with Crippen molar-refractivity contribution in [3.8, 4) is 11.5 Å². The van der Waals surface area contributed by atoms with Gasteiger partial charge in [0, 0.05) is 56.8 Å². The minimum atomic E-state index is -3.27. The van der Waals surface area contributed by atoms with Crippen molar-refractivity contribution in [3.05, 3.63) is 76.6 Å². The second kappa shape index (κ2) is 13.8. The number of ether oxygens (including phenoxy) is 2. The Labute approximate surface area is 259 Å². The van der Waals surface area contributed by atoms with E-state index in [1.807, 2.05) is 43.3 Å². The average molecular weight is 624 g/mol. The normalized spacial score (nSPS) is 15.7. The van der Waals surface area contributed by atoms with E-state index in [0.717, 1.165) is 36.1 Å². The first-order valence-electron chi connectivity index (χ1n) is 15.2. The monoisotopic (exact) mass is 623 g/mol. The molecular formula is C32H41N5O6S. The molecule has 236 valence electrons. The molecule has 0 atom stereocenters. The molecule has 44 heavy (non-hydrogen) atoms. The third kappa shape index (κ3) is 7.41. The molecule has 0 spiro atoms. The second-order valence-corrected chi connectivity index (χ2v) is 13.4. The summed E-state index contributed by atoms with van der Waals surface area (Å²) in [5.74, 6) is 1.39. The second-order valence-electron chi connectivity index (χ2n) is 11.3. The number of para-hydroxylation sites is 1. The third-order valence-corrected chi connectivity index (χ3v) is 10.1. The van der Waals surface area contributed by atoms with Crippen molar-refractivity contribution in [1.29, 1.82) is 0 Å². The van der Waals surface area contributed by atoms with Gasteiger partial charge in [-0.05, 0) is 49.1 Å². The summed E-state index contributed by atoms with van der Waals surface area (Å²) in [5.41, 5.74) is 3.69. The zero-order valence-electron chi connectivity index (χ0n) is 25.6. The van der Waals surface area contributed by atoms with Crippen LogP contribution in [0.4, 0.5) is 0 Å². The van der Waals surface area contributed by atoms with E-state index in [4.69, 9.17) is 9.47 Å². The van der Waals surface area contributed by atoms with E-state index in [1.165, 1.54) is 4.31 Å². The summed E-state index contributed by atoms with van der Waals surface area (Å²) in [4.78, 5) is 27.6. The van der Waals surface area contributed by atoms with Crippen LogP contribution >= 0.6 is 0 Å². The first-order valence-corrected chi connectivity index (χ1v) is 16.8. The summed E-state index contributed by atoms with van der Waals surface area (Å²) >= 11 is 0. The van der Waals surface area contributed by atoms with Gasteiger partial charge in [-0.1, -0.05) is 37.6 Å². The lowest BCUT2D eigenvalue weighted by Crippen LogP contribution is -2.51. The lowest BCUT2D eigenvalue weighted by atomic mass is 10.1. The summed E-state index contributed by atoms with van der Waals surface area (Å²) < 4.78 is 39.8. The maximum atomic E-state index is 13.1. The molecule has 1 aliphatic heterocycles. The molecule has 1 aromatic heterocycles. The number of aryl methyl sites for hydroxylation is 1. The maximum Gasteiger partial charge on any atom is 0.269 e. The number of aromatic nitrogens is 2. The van der Waals surface area contributed by atoms with Crippen molar-refractivity contribution in [2.24, 2.45) is 7.05 Å². The molecule has 5 rings (SSSR count). The van der Waals surface area contributed by atoms with Gasteiger partial charge in [-0.15, -0.1) is 0 Å². The Morgan fingerprint density at radius 1 is 1.05 bits per heavy atom. The number of hydrogen-bond acceptors (Lipinski definition) is 7. The number of amides is 2. The van der Waals surface area contributed by atoms with Crippen molar-refractivity contribution in [2.45, 2.75) is 51.7 Å². The molecule has 12 heteroatoms. The molecule has 11 nitrogen and oxygen atoms in total. The van der Waals surface area contributed by atoms with Gasteiger partial charge in [-0.2, -0.15) is 9.40 Å². The van der Waals surface area contributed by atoms with Gasteiger partial charge in [-0.3, -0.25) is 14.3 Å². The van der Waals surface area contributed by atoms with Gasteiger partial charge < -0.3 is 19.7 Å². The number of nitrogens with zero attached hydrogens (tertiary/aromatic N) is 4. The van der Waals surface area contributed by atoms with Gasteiger partial charge in [0.15, 0.2) is 11.5 Å². The molecule has 2 aliphatic rings. The molecular weight excluding hydrogens is 582 g/mol. The van der Waals surface area contributed by atoms with Crippen molar-refractivity contribution >= 4 is 21.8 Å². The van der Waals surface area contributed by atoms with Crippen LogP contribution in [0.15, 0.2) is 48.5 Å². The fourth-order valence-electron chi connectivity index (χ4n) is 5.30. The van der Waals surface area contributed by atoms with Crippen molar-refractivity contribution in [3.63, 3.8) is 0 Å². The van der Waals surface area contributed by atoms with Crippen LogP contribution in [0.3, 0.4) is 0 Å². The molecule has 3 aromatic rings. The molecule has 2 amide bonds. The van der Waals surface area contributed by atoms with Gasteiger partial charge in [0.25, 0.3) is 11.8 Å². The van der Waals surface area contributed by atoms with E-state index in [9.17, 15) is 18.0 Å². The average Bonchev–Trinajstić information content (AvgIpc) is 3.82. The molecule has 0 radical (unpaired) electrons. The van der Waals surface area contributed by atoms with Crippen LogP contribution in [0.2, 0.25) is 0 Å². The zero-order valence-corrected chi connectivity index (χ0v) is 26.4.